The van der Waals surface area contributed by atoms with Gasteiger partial charge in [0, 0.05) is 33.2 Å². The van der Waals surface area contributed by atoms with Gasteiger partial charge in [-0.15, -0.1) is 0 Å². The van der Waals surface area contributed by atoms with E-state index in [1.807, 2.05) is 0 Å². The smallest absolute Gasteiger partial charge is 0.143 e. The topological polar surface area (TPSA) is 16.4 Å². The van der Waals surface area contributed by atoms with Gasteiger partial charge in [0.15, 0.2) is 0 Å². The van der Waals surface area contributed by atoms with E-state index in [0.29, 0.717) is 0 Å². The molecule has 2 nitrogen and oxygen atoms in total. The molecular weight excluding hydrogens is 655 g/mol. The summed E-state index contributed by atoms with van der Waals surface area (Å²) in [5.41, 5.74) is 14.5. The summed E-state index contributed by atoms with van der Waals surface area (Å²) in [6, 6.07) is 75.7. The summed E-state index contributed by atoms with van der Waals surface area (Å²) >= 11 is 0. The lowest BCUT2D eigenvalue weighted by molar-refractivity contribution is 0.673. The van der Waals surface area contributed by atoms with E-state index >= 15 is 0 Å². The maximum atomic E-state index is 6.73. The Labute approximate surface area is 314 Å². The highest BCUT2D eigenvalue weighted by Gasteiger charge is 2.19. The molecule has 0 aliphatic rings. The summed E-state index contributed by atoms with van der Waals surface area (Å²) in [5.74, 6) is 0. The van der Waals surface area contributed by atoms with E-state index in [1.54, 1.807) is 0 Å². The number of fused-ring (bicyclic) bond motifs is 5. The Morgan fingerprint density at radius 2 is 0.815 bits per heavy atom. The van der Waals surface area contributed by atoms with Crippen molar-refractivity contribution in [3.63, 3.8) is 0 Å². The monoisotopic (exact) mass is 689 g/mol. The van der Waals surface area contributed by atoms with Crippen LogP contribution in [0, 0.1) is 0 Å². The Morgan fingerprint density at radius 1 is 0.296 bits per heavy atom. The van der Waals surface area contributed by atoms with Crippen LogP contribution in [0.3, 0.4) is 0 Å². The summed E-state index contributed by atoms with van der Waals surface area (Å²) in [6.45, 7) is 0. The van der Waals surface area contributed by atoms with Gasteiger partial charge < -0.3 is 9.32 Å². The molecule has 0 bridgehead atoms. The van der Waals surface area contributed by atoms with Crippen LogP contribution in [0.1, 0.15) is 0 Å². The number of benzene rings is 9. The molecule has 0 saturated heterocycles. The average Bonchev–Trinajstić information content (AvgIpc) is 3.64. The van der Waals surface area contributed by atoms with Crippen molar-refractivity contribution in [2.24, 2.45) is 0 Å². The van der Waals surface area contributed by atoms with Crippen molar-refractivity contribution in [2.75, 3.05) is 4.90 Å². The van der Waals surface area contributed by atoms with Crippen molar-refractivity contribution in [3.8, 4) is 44.5 Å². The summed E-state index contributed by atoms with van der Waals surface area (Å²) in [5, 5.41) is 4.54. The van der Waals surface area contributed by atoms with Gasteiger partial charge in [0.1, 0.15) is 11.2 Å². The van der Waals surface area contributed by atoms with Crippen LogP contribution in [0.15, 0.2) is 217 Å². The maximum Gasteiger partial charge on any atom is 0.143 e. The van der Waals surface area contributed by atoms with Gasteiger partial charge in [-0.05, 0) is 98.4 Å². The predicted octanol–water partition coefficient (Wildman–Crippen LogP) is 14.9. The van der Waals surface area contributed by atoms with Crippen molar-refractivity contribution >= 4 is 49.8 Å². The molecule has 0 unspecified atom stereocenters. The van der Waals surface area contributed by atoms with E-state index in [1.165, 1.54) is 38.8 Å². The zero-order chi connectivity index (χ0) is 35.8. The fraction of sp³-hybridized carbons (Fsp3) is 0. The number of hydrogen-bond acceptors (Lipinski definition) is 2. The lowest BCUT2D eigenvalue weighted by atomic mass is 9.93. The average molecular weight is 690 g/mol. The van der Waals surface area contributed by atoms with Gasteiger partial charge >= 0.3 is 0 Å². The van der Waals surface area contributed by atoms with E-state index in [-0.39, 0.29) is 0 Å². The van der Waals surface area contributed by atoms with E-state index in [9.17, 15) is 0 Å². The highest BCUT2D eigenvalue weighted by molar-refractivity contribution is 6.22. The molecular formula is C52H35NO. The minimum absolute atomic E-state index is 0.882. The zero-order valence-corrected chi connectivity index (χ0v) is 29.6. The number of hydrogen-bond donors (Lipinski definition) is 0. The van der Waals surface area contributed by atoms with Crippen LogP contribution in [0.4, 0.5) is 17.1 Å². The van der Waals surface area contributed by atoms with E-state index < -0.39 is 0 Å². The molecule has 0 atom stereocenters. The number of rotatable bonds is 7. The van der Waals surface area contributed by atoms with Gasteiger partial charge in [0.2, 0.25) is 0 Å². The molecule has 0 amide bonds. The van der Waals surface area contributed by atoms with Crippen molar-refractivity contribution < 1.29 is 4.42 Å². The van der Waals surface area contributed by atoms with Crippen molar-refractivity contribution in [1.29, 1.82) is 0 Å². The first-order chi connectivity index (χ1) is 26.8. The maximum absolute atomic E-state index is 6.73. The Morgan fingerprint density at radius 3 is 1.50 bits per heavy atom. The molecule has 0 aliphatic carbocycles. The molecule has 0 saturated carbocycles. The minimum Gasteiger partial charge on any atom is -0.455 e. The third-order valence-corrected chi connectivity index (χ3v) is 10.4. The summed E-state index contributed by atoms with van der Waals surface area (Å²) in [7, 11) is 0. The normalized spacial score (nSPS) is 11.3. The van der Waals surface area contributed by atoms with Gasteiger partial charge in [-0.2, -0.15) is 0 Å². The van der Waals surface area contributed by atoms with Crippen LogP contribution in [0.2, 0.25) is 0 Å². The fourth-order valence-electron chi connectivity index (χ4n) is 7.89. The molecule has 254 valence electrons. The van der Waals surface area contributed by atoms with E-state index in [0.717, 1.165) is 55.5 Å². The van der Waals surface area contributed by atoms with Crippen LogP contribution >= 0.6 is 0 Å². The first kappa shape index (κ1) is 31.6. The standard InChI is InChI=1S/C52H35NO/c1-4-15-36(16-5-1)38-29-31-42(32-30-38)53(43-23-12-21-40(33-43)37-17-6-2-7-18-37)44-24-13-22-41(34-44)45-27-14-28-50-51(45)49-35-48(39-19-8-3-9-20-39)46-25-10-11-26-47(46)52(49)54-50/h1-35H. The second-order valence-corrected chi connectivity index (χ2v) is 13.7. The molecule has 10 aromatic rings. The molecule has 0 aliphatic heterocycles. The van der Waals surface area contributed by atoms with Crippen LogP contribution in [0.25, 0.3) is 77.2 Å². The Bertz CT molecular complexity index is 2910. The Kier molecular flexibility index (Phi) is 7.85. The van der Waals surface area contributed by atoms with Crippen LogP contribution in [-0.4, -0.2) is 0 Å². The lowest BCUT2D eigenvalue weighted by Crippen LogP contribution is -2.10. The quantitative estimate of drug-likeness (QED) is 0.166. The number of anilines is 3. The zero-order valence-electron chi connectivity index (χ0n) is 29.6. The van der Waals surface area contributed by atoms with Crippen LogP contribution < -0.4 is 4.90 Å². The summed E-state index contributed by atoms with van der Waals surface area (Å²) in [6.07, 6.45) is 0. The largest absolute Gasteiger partial charge is 0.455 e. The van der Waals surface area contributed by atoms with Gasteiger partial charge in [0.25, 0.3) is 0 Å². The second-order valence-electron chi connectivity index (χ2n) is 13.7. The van der Waals surface area contributed by atoms with Gasteiger partial charge in [-0.1, -0.05) is 164 Å². The molecule has 9 aromatic carbocycles. The molecule has 0 spiro atoms. The SMILES string of the molecule is c1ccc(-c2ccc(N(c3cccc(-c4ccccc4)c3)c3cccc(-c4cccc5oc6c7ccccc7c(-c7ccccc7)cc6c45)c3)cc2)cc1. The molecule has 1 heterocycles. The fourth-order valence-corrected chi connectivity index (χ4v) is 7.89. The van der Waals surface area contributed by atoms with Gasteiger partial charge in [-0.3, -0.25) is 0 Å². The van der Waals surface area contributed by atoms with Crippen molar-refractivity contribution in [3.05, 3.63) is 212 Å². The molecule has 2 heteroatoms. The predicted molar refractivity (Wildman–Crippen MR) is 228 cm³/mol. The number of furan rings is 1. The first-order valence-electron chi connectivity index (χ1n) is 18.4. The van der Waals surface area contributed by atoms with Gasteiger partial charge in [0.05, 0.1) is 0 Å². The Hall–Kier alpha value is -7.16. The molecule has 0 fully saturated rings. The van der Waals surface area contributed by atoms with Crippen LogP contribution in [-0.2, 0) is 0 Å². The minimum atomic E-state index is 0.882. The highest BCUT2D eigenvalue weighted by atomic mass is 16.3. The van der Waals surface area contributed by atoms with Crippen molar-refractivity contribution in [1.82, 2.24) is 0 Å². The molecule has 10 rings (SSSR count). The number of nitrogens with zero attached hydrogens (tertiary/aromatic N) is 1. The van der Waals surface area contributed by atoms with Crippen molar-refractivity contribution in [2.45, 2.75) is 0 Å². The first-order valence-corrected chi connectivity index (χ1v) is 18.4. The molecule has 54 heavy (non-hydrogen) atoms. The highest BCUT2D eigenvalue weighted by Crippen LogP contribution is 2.44. The lowest BCUT2D eigenvalue weighted by Gasteiger charge is -2.27. The Balaban J connectivity index is 1.15. The third kappa shape index (κ3) is 5.62. The van der Waals surface area contributed by atoms with E-state index in [4.69, 9.17) is 4.42 Å². The van der Waals surface area contributed by atoms with Gasteiger partial charge in [-0.25, -0.2) is 0 Å². The molecule has 0 radical (unpaired) electrons. The molecule has 1 aromatic heterocycles. The van der Waals surface area contributed by atoms with Crippen LogP contribution in [0.5, 0.6) is 0 Å². The molecule has 0 N–H and O–H groups in total. The second kappa shape index (κ2) is 13.4. The summed E-state index contributed by atoms with van der Waals surface area (Å²) in [4.78, 5) is 2.36. The third-order valence-electron chi connectivity index (χ3n) is 10.4. The van der Waals surface area contributed by atoms with E-state index in [2.05, 4.69) is 217 Å². The summed E-state index contributed by atoms with van der Waals surface area (Å²) < 4.78 is 6.73.